The summed E-state index contributed by atoms with van der Waals surface area (Å²) < 4.78 is 35.3. The molecule has 0 radical (unpaired) electrons. The first-order chi connectivity index (χ1) is 9.14. The van der Waals surface area contributed by atoms with E-state index in [-0.39, 0.29) is 17.3 Å². The summed E-state index contributed by atoms with van der Waals surface area (Å²) in [6.07, 6.45) is -6.59. The van der Waals surface area contributed by atoms with E-state index >= 15 is 0 Å². The molecular weight excluding hydrogens is 316 g/mol. The molecule has 1 heterocycles. The zero-order chi connectivity index (χ0) is 15.5. The third kappa shape index (κ3) is 5.42. The standard InChI is InChI=1S/C9H18O9S2/c10-1-8(18-20(15,16)17)5(11)2-19-3-6(12)9(14)7(13)4-19/h5-14H,1-4H2/t5-,6-,7+,8+,9?,19?/m0/s1. The summed E-state index contributed by atoms with van der Waals surface area (Å²) in [4.78, 5) is 0. The fourth-order valence-corrected chi connectivity index (χ4v) is 4.82. The van der Waals surface area contributed by atoms with Crippen LogP contribution in [0.15, 0.2) is 0 Å². The fourth-order valence-electron chi connectivity index (χ4n) is 1.86. The Labute approximate surface area is 119 Å². The lowest BCUT2D eigenvalue weighted by atomic mass is 10.1. The summed E-state index contributed by atoms with van der Waals surface area (Å²) in [6, 6.07) is 0. The van der Waals surface area contributed by atoms with Crippen LogP contribution in [0.25, 0.3) is 0 Å². The average molecular weight is 334 g/mol. The Hall–Kier alpha value is 0.0200. The van der Waals surface area contributed by atoms with Gasteiger partial charge in [-0.3, -0.25) is 4.18 Å². The molecule has 1 saturated heterocycles. The molecule has 0 aromatic carbocycles. The fraction of sp³-hybridized carbons (Fsp3) is 1.00. The summed E-state index contributed by atoms with van der Waals surface area (Å²) in [5.41, 5.74) is 0. The highest BCUT2D eigenvalue weighted by molar-refractivity contribution is 7.97. The molecule has 1 aliphatic heterocycles. The van der Waals surface area contributed by atoms with E-state index in [9.17, 15) is 33.4 Å². The summed E-state index contributed by atoms with van der Waals surface area (Å²) in [5, 5.41) is 47.0. The first-order valence-electron chi connectivity index (χ1n) is 5.75. The molecule has 1 rings (SSSR count). The van der Waals surface area contributed by atoms with Crippen LogP contribution in [0.2, 0.25) is 0 Å². The maximum absolute atomic E-state index is 10.4. The maximum Gasteiger partial charge on any atom is 0.218 e. The largest absolute Gasteiger partial charge is 0.726 e. The molecule has 0 saturated carbocycles. The molecule has 0 spiro atoms. The third-order valence-corrected chi connectivity index (χ3v) is 5.78. The number of aliphatic hydroxyl groups is 5. The number of hydrogen-bond acceptors (Lipinski definition) is 9. The zero-order valence-electron chi connectivity index (χ0n) is 10.4. The minimum atomic E-state index is -5.06. The van der Waals surface area contributed by atoms with Gasteiger partial charge in [-0.25, -0.2) is 8.42 Å². The summed E-state index contributed by atoms with van der Waals surface area (Å²) in [6.45, 7) is -0.867. The van der Waals surface area contributed by atoms with Crippen molar-refractivity contribution in [1.82, 2.24) is 0 Å². The van der Waals surface area contributed by atoms with Gasteiger partial charge in [0.25, 0.3) is 0 Å². The van der Waals surface area contributed by atoms with Crippen molar-refractivity contribution in [2.75, 3.05) is 23.9 Å². The van der Waals surface area contributed by atoms with Crippen molar-refractivity contribution in [3.63, 3.8) is 0 Å². The summed E-state index contributed by atoms with van der Waals surface area (Å²) >= 11 is 0. The smallest absolute Gasteiger partial charge is 0.218 e. The van der Waals surface area contributed by atoms with Crippen LogP contribution in [0.4, 0.5) is 0 Å². The molecule has 9 nitrogen and oxygen atoms in total. The molecule has 120 valence electrons. The lowest BCUT2D eigenvalue weighted by molar-refractivity contribution is -0.0456. The van der Waals surface area contributed by atoms with Crippen LogP contribution in [0.3, 0.4) is 0 Å². The predicted octanol–water partition coefficient (Wildman–Crippen LogP) is -4.10. The number of hydrogen-bond donors (Lipinski definition) is 5. The molecule has 1 fully saturated rings. The van der Waals surface area contributed by atoms with E-state index < -0.39 is 58.4 Å². The van der Waals surface area contributed by atoms with Gasteiger partial charge in [0.15, 0.2) is 0 Å². The van der Waals surface area contributed by atoms with E-state index in [1.165, 1.54) is 0 Å². The lowest BCUT2D eigenvalue weighted by Crippen LogP contribution is -2.53. The van der Waals surface area contributed by atoms with Gasteiger partial charge in [-0.1, -0.05) is 0 Å². The highest BCUT2D eigenvalue weighted by Gasteiger charge is 2.42. The van der Waals surface area contributed by atoms with Gasteiger partial charge in [-0.15, -0.1) is 0 Å². The number of aliphatic hydroxyl groups excluding tert-OH is 5. The maximum atomic E-state index is 10.4. The normalized spacial score (nSPS) is 34.7. The molecule has 0 aromatic rings. The monoisotopic (exact) mass is 334 g/mol. The topological polar surface area (TPSA) is 168 Å². The quantitative estimate of drug-likeness (QED) is 0.184. The van der Waals surface area contributed by atoms with Crippen LogP contribution in [-0.2, 0) is 25.5 Å². The van der Waals surface area contributed by atoms with E-state index in [0.29, 0.717) is 0 Å². The van der Waals surface area contributed by atoms with Crippen molar-refractivity contribution in [1.29, 1.82) is 0 Å². The average Bonchev–Trinajstić information content (AvgIpc) is 2.31. The van der Waals surface area contributed by atoms with Gasteiger partial charge in [0.2, 0.25) is 10.4 Å². The Balaban J connectivity index is 2.58. The van der Waals surface area contributed by atoms with Crippen molar-refractivity contribution in [2.45, 2.75) is 30.5 Å². The van der Waals surface area contributed by atoms with E-state index in [1.807, 2.05) is 0 Å². The van der Waals surface area contributed by atoms with Crippen LogP contribution in [0, 0.1) is 0 Å². The zero-order valence-corrected chi connectivity index (χ0v) is 12.0. The lowest BCUT2D eigenvalue weighted by Gasteiger charge is -2.30. The first kappa shape index (κ1) is 18.1. The highest BCUT2D eigenvalue weighted by atomic mass is 32.3. The Morgan fingerprint density at radius 1 is 1.25 bits per heavy atom. The molecule has 6 atom stereocenters. The van der Waals surface area contributed by atoms with Crippen LogP contribution in [-0.4, -0.2) is 92.9 Å². The third-order valence-electron chi connectivity index (χ3n) is 2.86. The summed E-state index contributed by atoms with van der Waals surface area (Å²) in [5.74, 6) is 0.177. The van der Waals surface area contributed by atoms with Gasteiger partial charge in [-0.2, -0.15) is 0 Å². The van der Waals surface area contributed by atoms with Gasteiger partial charge in [0.1, 0.15) is 47.8 Å². The summed E-state index contributed by atoms with van der Waals surface area (Å²) in [7, 11) is -5.76. The Bertz CT molecular complexity index is 388. The minimum Gasteiger partial charge on any atom is -0.726 e. The molecular formula is C9H18O9S2. The number of rotatable bonds is 6. The Morgan fingerprint density at radius 3 is 2.15 bits per heavy atom. The van der Waals surface area contributed by atoms with E-state index in [4.69, 9.17) is 5.11 Å². The molecule has 5 N–H and O–H groups in total. The molecule has 0 bridgehead atoms. The SMILES string of the molecule is O=S(=O)([O-])O[C@H](CO)[C@@H](O)C[S+]1C[C@@H](O)C(O)[C@@H](O)C1. The van der Waals surface area contributed by atoms with Crippen molar-refractivity contribution >= 4 is 21.3 Å². The van der Waals surface area contributed by atoms with Gasteiger partial charge in [0.05, 0.1) is 6.61 Å². The molecule has 2 unspecified atom stereocenters. The molecule has 20 heavy (non-hydrogen) atoms. The molecule has 0 aromatic heterocycles. The Kier molecular flexibility index (Phi) is 6.63. The van der Waals surface area contributed by atoms with E-state index in [1.54, 1.807) is 0 Å². The van der Waals surface area contributed by atoms with E-state index in [0.717, 1.165) is 0 Å². The Morgan fingerprint density at radius 2 is 1.75 bits per heavy atom. The van der Waals surface area contributed by atoms with Crippen molar-refractivity contribution < 1.29 is 42.7 Å². The highest BCUT2D eigenvalue weighted by Crippen LogP contribution is 2.18. The van der Waals surface area contributed by atoms with Crippen molar-refractivity contribution in [3.8, 4) is 0 Å². The van der Waals surface area contributed by atoms with Crippen LogP contribution < -0.4 is 0 Å². The molecule has 0 amide bonds. The van der Waals surface area contributed by atoms with Crippen molar-refractivity contribution in [2.24, 2.45) is 0 Å². The molecule has 11 heteroatoms. The van der Waals surface area contributed by atoms with Crippen molar-refractivity contribution in [3.05, 3.63) is 0 Å². The van der Waals surface area contributed by atoms with Gasteiger partial charge in [0, 0.05) is 0 Å². The first-order valence-corrected chi connectivity index (χ1v) is 8.82. The predicted molar refractivity (Wildman–Crippen MR) is 67.6 cm³/mol. The second-order valence-corrected chi connectivity index (χ2v) is 7.76. The van der Waals surface area contributed by atoms with Crippen LogP contribution in [0.5, 0.6) is 0 Å². The second kappa shape index (κ2) is 7.33. The second-order valence-electron chi connectivity index (χ2n) is 4.53. The van der Waals surface area contributed by atoms with E-state index in [2.05, 4.69) is 4.18 Å². The van der Waals surface area contributed by atoms with Gasteiger partial charge < -0.3 is 30.1 Å². The molecule has 0 aliphatic carbocycles. The van der Waals surface area contributed by atoms with Crippen LogP contribution in [0.1, 0.15) is 0 Å². The van der Waals surface area contributed by atoms with Crippen LogP contribution >= 0.6 is 0 Å². The van der Waals surface area contributed by atoms with Gasteiger partial charge >= 0.3 is 0 Å². The minimum absolute atomic E-state index is 0.0679. The van der Waals surface area contributed by atoms with Gasteiger partial charge in [-0.05, 0) is 10.9 Å². The molecule has 1 aliphatic rings.